The molecule has 0 aromatic carbocycles. The Bertz CT molecular complexity index is 915. The third kappa shape index (κ3) is 5.48. The zero-order valence-electron chi connectivity index (χ0n) is 17.7. The number of hydrogen-bond acceptors (Lipinski definition) is 4. The number of aromatic nitrogens is 3. The molecule has 160 valence electrons. The quantitative estimate of drug-likeness (QED) is 0.662. The summed E-state index contributed by atoms with van der Waals surface area (Å²) in [5.41, 5.74) is 2.33. The number of pyridine rings is 1. The van der Waals surface area contributed by atoms with Crippen LogP contribution >= 0.6 is 11.6 Å². The summed E-state index contributed by atoms with van der Waals surface area (Å²) < 4.78 is 1.78. The molecule has 2 amide bonds. The largest absolute Gasteiger partial charge is 0.339 e. The van der Waals surface area contributed by atoms with E-state index in [9.17, 15) is 9.59 Å². The molecule has 0 saturated carbocycles. The van der Waals surface area contributed by atoms with Crippen LogP contribution in [-0.2, 0) is 22.6 Å². The Morgan fingerprint density at radius 2 is 1.87 bits per heavy atom. The van der Waals surface area contributed by atoms with E-state index < -0.39 is 0 Å². The zero-order valence-corrected chi connectivity index (χ0v) is 18.5. The van der Waals surface area contributed by atoms with Crippen LogP contribution in [-0.4, -0.2) is 62.6 Å². The first kappa shape index (κ1) is 22.0. The Hall–Kier alpha value is -2.67. The van der Waals surface area contributed by atoms with E-state index in [1.165, 1.54) is 0 Å². The Kier molecular flexibility index (Phi) is 7.26. The van der Waals surface area contributed by atoms with Crippen molar-refractivity contribution in [3.63, 3.8) is 0 Å². The van der Waals surface area contributed by atoms with Gasteiger partial charge in [0.1, 0.15) is 5.15 Å². The van der Waals surface area contributed by atoms with Crippen molar-refractivity contribution < 1.29 is 9.59 Å². The number of hydrogen-bond donors (Lipinski definition) is 0. The van der Waals surface area contributed by atoms with Crippen molar-refractivity contribution in [1.82, 2.24) is 24.6 Å². The molecule has 30 heavy (non-hydrogen) atoms. The Labute approximate surface area is 182 Å². The minimum Gasteiger partial charge on any atom is -0.339 e. The van der Waals surface area contributed by atoms with Crippen LogP contribution < -0.4 is 0 Å². The van der Waals surface area contributed by atoms with E-state index in [-0.39, 0.29) is 18.2 Å². The first-order valence-corrected chi connectivity index (χ1v) is 10.6. The minimum atomic E-state index is -0.0844. The molecule has 0 radical (unpaired) electrons. The van der Waals surface area contributed by atoms with Crippen molar-refractivity contribution in [1.29, 1.82) is 0 Å². The van der Waals surface area contributed by atoms with Crippen molar-refractivity contribution in [3.8, 4) is 0 Å². The lowest BCUT2D eigenvalue weighted by Crippen LogP contribution is -2.50. The summed E-state index contributed by atoms with van der Waals surface area (Å²) in [6, 6.07) is 5.55. The fraction of sp³-hybridized carbons (Fsp3) is 0.455. The molecular weight excluding hydrogens is 402 g/mol. The number of rotatable bonds is 6. The second-order valence-corrected chi connectivity index (χ2v) is 8.26. The van der Waals surface area contributed by atoms with Crippen LogP contribution in [0.25, 0.3) is 6.08 Å². The summed E-state index contributed by atoms with van der Waals surface area (Å²) in [6.45, 7) is 8.90. The normalized spacial score (nSPS) is 14.7. The number of halogens is 1. The van der Waals surface area contributed by atoms with E-state index in [0.717, 1.165) is 23.5 Å². The molecule has 1 aliphatic rings. The monoisotopic (exact) mass is 429 g/mol. The van der Waals surface area contributed by atoms with Gasteiger partial charge in [-0.25, -0.2) is 0 Å². The molecule has 1 saturated heterocycles. The lowest BCUT2D eigenvalue weighted by molar-refractivity contribution is -0.136. The van der Waals surface area contributed by atoms with Crippen molar-refractivity contribution in [2.75, 3.05) is 26.2 Å². The van der Waals surface area contributed by atoms with Gasteiger partial charge in [-0.2, -0.15) is 5.10 Å². The average molecular weight is 430 g/mol. The van der Waals surface area contributed by atoms with Crippen LogP contribution in [0, 0.1) is 12.8 Å². The lowest BCUT2D eigenvalue weighted by atomic mass is 10.2. The van der Waals surface area contributed by atoms with Gasteiger partial charge < -0.3 is 9.80 Å². The number of aryl methyl sites for hydroxylation is 1. The topological polar surface area (TPSA) is 71.3 Å². The highest BCUT2D eigenvalue weighted by Gasteiger charge is 2.23. The zero-order chi connectivity index (χ0) is 21.7. The van der Waals surface area contributed by atoms with Gasteiger partial charge in [0.2, 0.25) is 11.8 Å². The molecule has 0 aliphatic carbocycles. The van der Waals surface area contributed by atoms with Crippen LogP contribution in [0.15, 0.2) is 30.5 Å². The van der Waals surface area contributed by atoms with Gasteiger partial charge in [0.15, 0.2) is 0 Å². The molecular formula is C22H28ClN5O2. The molecule has 2 aromatic heterocycles. The molecule has 2 aromatic rings. The fourth-order valence-corrected chi connectivity index (χ4v) is 3.74. The highest BCUT2D eigenvalue weighted by Crippen LogP contribution is 2.22. The number of carbonyl (C=O) groups excluding carboxylic acids is 2. The van der Waals surface area contributed by atoms with Crippen molar-refractivity contribution >= 4 is 29.5 Å². The first-order chi connectivity index (χ1) is 14.3. The maximum Gasteiger partial charge on any atom is 0.246 e. The van der Waals surface area contributed by atoms with Crippen molar-refractivity contribution in [2.24, 2.45) is 5.92 Å². The third-order valence-electron chi connectivity index (χ3n) is 5.04. The van der Waals surface area contributed by atoms with E-state index in [1.54, 1.807) is 32.8 Å². The molecule has 7 nitrogen and oxygen atoms in total. The Balaban J connectivity index is 1.54. The number of nitrogens with zero attached hydrogens (tertiary/aromatic N) is 5. The Morgan fingerprint density at radius 1 is 1.17 bits per heavy atom. The summed E-state index contributed by atoms with van der Waals surface area (Å²) >= 11 is 6.44. The first-order valence-electron chi connectivity index (χ1n) is 10.2. The Morgan fingerprint density at radius 3 is 2.50 bits per heavy atom. The van der Waals surface area contributed by atoms with Gasteiger partial charge in [0, 0.05) is 56.3 Å². The molecule has 3 rings (SSSR count). The van der Waals surface area contributed by atoms with Crippen LogP contribution in [0.3, 0.4) is 0 Å². The summed E-state index contributed by atoms with van der Waals surface area (Å²) in [5.74, 6) is 0.382. The molecule has 1 aliphatic heterocycles. The standard InChI is InChI=1S/C22H28ClN5O2/c1-16(2)15-28-22(23)19(17(3)25-28)7-8-20(29)26-10-12-27(13-11-26)21(30)14-18-6-4-5-9-24-18/h4-9,16H,10-15H2,1-3H3. The van der Waals surface area contributed by atoms with Crippen LogP contribution in [0.5, 0.6) is 0 Å². The second kappa shape index (κ2) is 9.89. The molecule has 0 N–H and O–H groups in total. The van der Waals surface area contributed by atoms with E-state index in [1.807, 2.05) is 25.1 Å². The lowest BCUT2D eigenvalue weighted by Gasteiger charge is -2.34. The van der Waals surface area contributed by atoms with Gasteiger partial charge in [0.25, 0.3) is 0 Å². The predicted molar refractivity (Wildman–Crippen MR) is 117 cm³/mol. The third-order valence-corrected chi connectivity index (χ3v) is 5.44. The molecule has 0 unspecified atom stereocenters. The maximum absolute atomic E-state index is 12.6. The van der Waals surface area contributed by atoms with Crippen molar-refractivity contribution in [2.45, 2.75) is 33.7 Å². The SMILES string of the molecule is Cc1nn(CC(C)C)c(Cl)c1C=CC(=O)N1CCN(C(=O)Cc2ccccn2)CC1. The summed E-state index contributed by atoms with van der Waals surface area (Å²) in [5, 5.41) is 5.01. The fourth-order valence-electron chi connectivity index (χ4n) is 3.43. The average Bonchev–Trinajstić information content (AvgIpc) is 2.99. The van der Waals surface area contributed by atoms with Gasteiger partial charge in [-0.3, -0.25) is 19.3 Å². The smallest absolute Gasteiger partial charge is 0.246 e. The van der Waals surface area contributed by atoms with Gasteiger partial charge in [0.05, 0.1) is 12.1 Å². The molecule has 1 fully saturated rings. The second-order valence-electron chi connectivity index (χ2n) is 7.90. The molecule has 0 bridgehead atoms. The van der Waals surface area contributed by atoms with Crippen molar-refractivity contribution in [3.05, 3.63) is 52.6 Å². The van der Waals surface area contributed by atoms with E-state index in [2.05, 4.69) is 23.9 Å². The van der Waals surface area contributed by atoms with Crippen LogP contribution in [0.4, 0.5) is 0 Å². The molecule has 3 heterocycles. The predicted octanol–water partition coefficient (Wildman–Crippen LogP) is 2.82. The van der Waals surface area contributed by atoms with E-state index in [4.69, 9.17) is 11.6 Å². The van der Waals surface area contributed by atoms with E-state index in [0.29, 0.717) is 37.3 Å². The van der Waals surface area contributed by atoms with Crippen LogP contribution in [0.2, 0.25) is 5.15 Å². The number of amides is 2. The summed E-state index contributed by atoms with van der Waals surface area (Å²) in [6.07, 6.45) is 5.25. The van der Waals surface area contributed by atoms with Gasteiger partial charge in [-0.15, -0.1) is 0 Å². The highest BCUT2D eigenvalue weighted by molar-refractivity contribution is 6.31. The number of carbonyl (C=O) groups is 2. The summed E-state index contributed by atoms with van der Waals surface area (Å²) in [7, 11) is 0. The summed E-state index contributed by atoms with van der Waals surface area (Å²) in [4.78, 5) is 32.8. The highest BCUT2D eigenvalue weighted by atomic mass is 35.5. The molecule has 0 spiro atoms. The molecule has 8 heteroatoms. The van der Waals surface area contributed by atoms with Crippen LogP contribution in [0.1, 0.15) is 30.8 Å². The molecule has 0 atom stereocenters. The number of piperazine rings is 1. The van der Waals surface area contributed by atoms with E-state index >= 15 is 0 Å². The van der Waals surface area contributed by atoms with Gasteiger partial charge in [-0.05, 0) is 31.1 Å². The minimum absolute atomic E-state index is 0.0383. The maximum atomic E-state index is 12.6. The van der Waals surface area contributed by atoms with Gasteiger partial charge >= 0.3 is 0 Å². The van der Waals surface area contributed by atoms with Gasteiger partial charge in [-0.1, -0.05) is 31.5 Å².